The molecule has 1 aliphatic rings. The van der Waals surface area contributed by atoms with Gasteiger partial charge in [0.25, 0.3) is 0 Å². The maximum Gasteiger partial charge on any atom is 0.0218 e. The summed E-state index contributed by atoms with van der Waals surface area (Å²) in [5.74, 6) is 0.828. The van der Waals surface area contributed by atoms with Crippen LogP contribution in [-0.2, 0) is 0 Å². The third-order valence-electron chi connectivity index (χ3n) is 4.35. The maximum absolute atomic E-state index is 3.69. The first-order valence-corrected chi connectivity index (χ1v) is 7.99. The van der Waals surface area contributed by atoms with Crippen molar-refractivity contribution < 1.29 is 0 Å². The van der Waals surface area contributed by atoms with Crippen LogP contribution in [0.25, 0.3) is 0 Å². The van der Waals surface area contributed by atoms with E-state index in [1.54, 1.807) is 0 Å². The number of hydrogen-bond acceptors (Lipinski definition) is 2. The summed E-state index contributed by atoms with van der Waals surface area (Å²) in [7, 11) is 0. The van der Waals surface area contributed by atoms with Crippen molar-refractivity contribution in [1.82, 2.24) is 10.6 Å². The molecule has 2 atom stereocenters. The number of rotatable bonds is 8. The van der Waals surface area contributed by atoms with E-state index in [1.165, 1.54) is 45.1 Å². The fraction of sp³-hybridized carbons (Fsp3) is 1.00. The van der Waals surface area contributed by atoms with Crippen LogP contribution in [0.15, 0.2) is 0 Å². The third-order valence-corrected chi connectivity index (χ3v) is 4.35. The predicted molar refractivity (Wildman–Crippen MR) is 81.0 cm³/mol. The minimum absolute atomic E-state index is 0.451. The summed E-state index contributed by atoms with van der Waals surface area (Å²) in [6.45, 7) is 12.9. The molecule has 2 unspecified atom stereocenters. The highest BCUT2D eigenvalue weighted by Gasteiger charge is 2.22. The Morgan fingerprint density at radius 2 is 2.06 bits per heavy atom. The fourth-order valence-corrected chi connectivity index (χ4v) is 2.90. The molecule has 0 aromatic rings. The molecule has 1 aliphatic heterocycles. The van der Waals surface area contributed by atoms with Gasteiger partial charge in [-0.05, 0) is 37.1 Å². The molecule has 108 valence electrons. The summed E-state index contributed by atoms with van der Waals surface area (Å²) in [6, 6.07) is 0.685. The summed E-state index contributed by atoms with van der Waals surface area (Å²) in [4.78, 5) is 0. The summed E-state index contributed by atoms with van der Waals surface area (Å²) in [6.07, 6.45) is 8.17. The van der Waals surface area contributed by atoms with E-state index in [4.69, 9.17) is 0 Å². The van der Waals surface area contributed by atoms with Gasteiger partial charge < -0.3 is 10.6 Å². The van der Waals surface area contributed by atoms with E-state index < -0.39 is 0 Å². The van der Waals surface area contributed by atoms with E-state index in [0.717, 1.165) is 19.0 Å². The van der Waals surface area contributed by atoms with Gasteiger partial charge >= 0.3 is 0 Å². The SMILES string of the molecule is CCCCCC(C)(C)CNCC1NCCCC1C. The minimum atomic E-state index is 0.451. The lowest BCUT2D eigenvalue weighted by Crippen LogP contribution is -2.48. The van der Waals surface area contributed by atoms with E-state index >= 15 is 0 Å². The molecule has 1 saturated heterocycles. The number of hydrogen-bond donors (Lipinski definition) is 2. The van der Waals surface area contributed by atoms with Crippen LogP contribution in [0.5, 0.6) is 0 Å². The molecule has 0 aromatic heterocycles. The minimum Gasteiger partial charge on any atom is -0.315 e. The zero-order chi connectivity index (χ0) is 13.4. The molecule has 0 aliphatic carbocycles. The third kappa shape index (κ3) is 6.19. The molecule has 1 fully saturated rings. The van der Waals surface area contributed by atoms with Gasteiger partial charge in [0.1, 0.15) is 0 Å². The Kier molecular flexibility index (Phi) is 7.25. The zero-order valence-electron chi connectivity index (χ0n) is 13.0. The molecular formula is C16H34N2. The van der Waals surface area contributed by atoms with E-state index in [2.05, 4.69) is 38.3 Å². The van der Waals surface area contributed by atoms with Gasteiger partial charge in [0.2, 0.25) is 0 Å². The summed E-state index contributed by atoms with van der Waals surface area (Å²) >= 11 is 0. The Morgan fingerprint density at radius 1 is 1.28 bits per heavy atom. The van der Waals surface area contributed by atoms with Gasteiger partial charge in [-0.25, -0.2) is 0 Å². The van der Waals surface area contributed by atoms with Crippen LogP contribution in [-0.4, -0.2) is 25.7 Å². The summed E-state index contributed by atoms with van der Waals surface area (Å²) in [5.41, 5.74) is 0.451. The molecule has 2 heteroatoms. The molecule has 2 N–H and O–H groups in total. The molecule has 18 heavy (non-hydrogen) atoms. The first-order valence-electron chi connectivity index (χ1n) is 7.99. The molecule has 1 heterocycles. The highest BCUT2D eigenvalue weighted by molar-refractivity contribution is 4.81. The number of unbranched alkanes of at least 4 members (excludes halogenated alkanes) is 2. The molecule has 0 aromatic carbocycles. The van der Waals surface area contributed by atoms with E-state index in [1.807, 2.05) is 0 Å². The summed E-state index contributed by atoms with van der Waals surface area (Å²) in [5, 5.41) is 7.34. The quantitative estimate of drug-likeness (QED) is 0.647. The van der Waals surface area contributed by atoms with Gasteiger partial charge in [-0.1, -0.05) is 47.0 Å². The van der Waals surface area contributed by atoms with Gasteiger partial charge in [0, 0.05) is 19.1 Å². The molecular weight excluding hydrogens is 220 g/mol. The van der Waals surface area contributed by atoms with Crippen molar-refractivity contribution in [1.29, 1.82) is 0 Å². The first kappa shape index (κ1) is 16.0. The fourth-order valence-electron chi connectivity index (χ4n) is 2.90. The van der Waals surface area contributed by atoms with Crippen molar-refractivity contribution in [3.63, 3.8) is 0 Å². The Morgan fingerprint density at radius 3 is 2.72 bits per heavy atom. The van der Waals surface area contributed by atoms with E-state index in [9.17, 15) is 0 Å². The second-order valence-corrected chi connectivity index (χ2v) is 6.93. The molecule has 0 spiro atoms. The topological polar surface area (TPSA) is 24.1 Å². The van der Waals surface area contributed by atoms with Gasteiger partial charge in [-0.2, -0.15) is 0 Å². The molecule has 1 rings (SSSR count). The second kappa shape index (κ2) is 8.16. The molecule has 0 bridgehead atoms. The predicted octanol–water partition coefficient (Wildman–Crippen LogP) is 3.57. The Bertz CT molecular complexity index is 213. The standard InChI is InChI=1S/C16H34N2/c1-5-6-7-10-16(3,4)13-17-12-15-14(2)9-8-11-18-15/h14-15,17-18H,5-13H2,1-4H3. The average molecular weight is 254 g/mol. The maximum atomic E-state index is 3.69. The van der Waals surface area contributed by atoms with Gasteiger partial charge in [-0.3, -0.25) is 0 Å². The molecule has 0 amide bonds. The van der Waals surface area contributed by atoms with Crippen molar-refractivity contribution in [3.05, 3.63) is 0 Å². The highest BCUT2D eigenvalue weighted by Crippen LogP contribution is 2.23. The number of piperidine rings is 1. The second-order valence-electron chi connectivity index (χ2n) is 6.93. The monoisotopic (exact) mass is 254 g/mol. The Balaban J connectivity index is 2.15. The molecule has 0 saturated carbocycles. The van der Waals surface area contributed by atoms with Gasteiger partial charge in [0.05, 0.1) is 0 Å². The van der Waals surface area contributed by atoms with Crippen LogP contribution in [0.1, 0.15) is 66.2 Å². The van der Waals surface area contributed by atoms with Crippen molar-refractivity contribution in [2.45, 2.75) is 72.3 Å². The zero-order valence-corrected chi connectivity index (χ0v) is 13.0. The van der Waals surface area contributed by atoms with Crippen molar-refractivity contribution in [2.24, 2.45) is 11.3 Å². The van der Waals surface area contributed by atoms with Gasteiger partial charge in [0.15, 0.2) is 0 Å². The highest BCUT2D eigenvalue weighted by atomic mass is 15.0. The lowest BCUT2D eigenvalue weighted by Gasteiger charge is -2.32. The van der Waals surface area contributed by atoms with Crippen LogP contribution in [0.4, 0.5) is 0 Å². The van der Waals surface area contributed by atoms with E-state index in [0.29, 0.717) is 11.5 Å². The van der Waals surface area contributed by atoms with Gasteiger partial charge in [-0.15, -0.1) is 0 Å². The first-order chi connectivity index (χ1) is 8.55. The van der Waals surface area contributed by atoms with Crippen LogP contribution >= 0.6 is 0 Å². The van der Waals surface area contributed by atoms with Crippen LogP contribution in [0.3, 0.4) is 0 Å². The van der Waals surface area contributed by atoms with Crippen molar-refractivity contribution in [3.8, 4) is 0 Å². The molecule has 0 radical (unpaired) electrons. The van der Waals surface area contributed by atoms with Crippen molar-refractivity contribution >= 4 is 0 Å². The Hall–Kier alpha value is -0.0800. The molecule has 2 nitrogen and oxygen atoms in total. The van der Waals surface area contributed by atoms with Crippen molar-refractivity contribution in [2.75, 3.05) is 19.6 Å². The normalized spacial score (nSPS) is 25.3. The number of nitrogens with one attached hydrogen (secondary N) is 2. The average Bonchev–Trinajstić information content (AvgIpc) is 2.32. The van der Waals surface area contributed by atoms with Crippen LogP contribution < -0.4 is 10.6 Å². The summed E-state index contributed by atoms with van der Waals surface area (Å²) < 4.78 is 0. The Labute approximate surface area is 114 Å². The van der Waals surface area contributed by atoms with Crippen LogP contribution in [0.2, 0.25) is 0 Å². The van der Waals surface area contributed by atoms with E-state index in [-0.39, 0.29) is 0 Å². The smallest absolute Gasteiger partial charge is 0.0218 e. The largest absolute Gasteiger partial charge is 0.315 e. The lowest BCUT2D eigenvalue weighted by molar-refractivity contribution is 0.259. The lowest BCUT2D eigenvalue weighted by atomic mass is 9.86. The van der Waals surface area contributed by atoms with Crippen LogP contribution in [0, 0.1) is 11.3 Å².